The Morgan fingerprint density at radius 3 is 2.50 bits per heavy atom. The molecule has 132 valence electrons. The number of nitrogens with zero attached hydrogens (tertiary/aromatic N) is 2. The van der Waals surface area contributed by atoms with Crippen molar-refractivity contribution in [2.45, 2.75) is 37.9 Å². The van der Waals surface area contributed by atoms with Gasteiger partial charge in [0.2, 0.25) is 0 Å². The van der Waals surface area contributed by atoms with E-state index in [4.69, 9.17) is 0 Å². The fraction of sp³-hybridized carbons (Fsp3) is 0.611. The molecular weight excluding hydrogens is 324 g/mol. The van der Waals surface area contributed by atoms with Gasteiger partial charge in [0.05, 0.1) is 10.8 Å². The molecule has 0 bridgehead atoms. The van der Waals surface area contributed by atoms with Gasteiger partial charge in [0.25, 0.3) is 5.91 Å². The molecule has 24 heavy (non-hydrogen) atoms. The standard InChI is InChI=1S/C18H26N2O3S/c1-14-7-8-17(19-9-3-4-10-19)16(12-14)18(21)20-11-5-6-15(13-20)24(2,22)23/h7-8,12,15H,3-6,9-11,13H2,1-2H3. The minimum absolute atomic E-state index is 0.0334. The van der Waals surface area contributed by atoms with Crippen LogP contribution in [0.3, 0.4) is 0 Å². The summed E-state index contributed by atoms with van der Waals surface area (Å²) >= 11 is 0. The Kier molecular flexibility index (Phi) is 4.85. The Balaban J connectivity index is 1.87. The molecule has 0 aliphatic carbocycles. The molecule has 0 radical (unpaired) electrons. The molecule has 2 saturated heterocycles. The number of aryl methyl sites for hydroxylation is 1. The highest BCUT2D eigenvalue weighted by Crippen LogP contribution is 2.28. The second-order valence-electron chi connectivity index (χ2n) is 7.06. The molecule has 0 N–H and O–H groups in total. The lowest BCUT2D eigenvalue weighted by molar-refractivity contribution is 0.0727. The third-order valence-electron chi connectivity index (χ3n) is 5.10. The van der Waals surface area contributed by atoms with E-state index >= 15 is 0 Å². The minimum atomic E-state index is -3.11. The highest BCUT2D eigenvalue weighted by atomic mass is 32.2. The summed E-state index contributed by atoms with van der Waals surface area (Å²) in [7, 11) is -3.11. The third-order valence-corrected chi connectivity index (χ3v) is 6.70. The number of hydrogen-bond acceptors (Lipinski definition) is 4. The summed E-state index contributed by atoms with van der Waals surface area (Å²) in [5.74, 6) is -0.0334. The second-order valence-corrected chi connectivity index (χ2v) is 9.39. The smallest absolute Gasteiger partial charge is 0.256 e. The van der Waals surface area contributed by atoms with Crippen LogP contribution in [0.1, 0.15) is 41.6 Å². The third kappa shape index (κ3) is 3.58. The summed E-state index contributed by atoms with van der Waals surface area (Å²) in [6, 6.07) is 6.02. The fourth-order valence-electron chi connectivity index (χ4n) is 3.70. The van der Waals surface area contributed by atoms with Crippen molar-refractivity contribution >= 4 is 21.4 Å². The van der Waals surface area contributed by atoms with Crippen molar-refractivity contribution in [2.75, 3.05) is 37.3 Å². The van der Waals surface area contributed by atoms with Gasteiger partial charge in [0, 0.05) is 38.1 Å². The molecule has 2 heterocycles. The van der Waals surface area contributed by atoms with E-state index in [1.807, 2.05) is 25.1 Å². The van der Waals surface area contributed by atoms with Crippen LogP contribution in [0, 0.1) is 6.92 Å². The molecule has 0 saturated carbocycles. The van der Waals surface area contributed by atoms with Gasteiger partial charge in [-0.15, -0.1) is 0 Å². The van der Waals surface area contributed by atoms with Gasteiger partial charge < -0.3 is 9.80 Å². The lowest BCUT2D eigenvalue weighted by atomic mass is 10.0. The van der Waals surface area contributed by atoms with Crippen LogP contribution in [0.15, 0.2) is 18.2 Å². The summed E-state index contributed by atoms with van der Waals surface area (Å²) in [5.41, 5.74) is 2.76. The second kappa shape index (κ2) is 6.75. The van der Waals surface area contributed by atoms with Crippen LogP contribution >= 0.6 is 0 Å². The molecule has 1 aromatic rings. The molecule has 2 aliphatic heterocycles. The number of benzene rings is 1. The van der Waals surface area contributed by atoms with Gasteiger partial charge in [-0.1, -0.05) is 11.6 Å². The van der Waals surface area contributed by atoms with Gasteiger partial charge in [-0.25, -0.2) is 8.42 Å². The van der Waals surface area contributed by atoms with E-state index in [1.165, 1.54) is 6.26 Å². The number of carbonyl (C=O) groups is 1. The van der Waals surface area contributed by atoms with Crippen molar-refractivity contribution in [1.29, 1.82) is 0 Å². The molecule has 2 fully saturated rings. The average Bonchev–Trinajstić information content (AvgIpc) is 3.07. The van der Waals surface area contributed by atoms with E-state index in [0.29, 0.717) is 25.1 Å². The maximum Gasteiger partial charge on any atom is 0.256 e. The molecule has 1 unspecified atom stereocenters. The first kappa shape index (κ1) is 17.3. The van der Waals surface area contributed by atoms with Crippen molar-refractivity contribution in [3.8, 4) is 0 Å². The van der Waals surface area contributed by atoms with E-state index < -0.39 is 15.1 Å². The zero-order valence-corrected chi connectivity index (χ0v) is 15.3. The van der Waals surface area contributed by atoms with Gasteiger partial charge in [0.1, 0.15) is 0 Å². The number of amides is 1. The maximum absolute atomic E-state index is 13.1. The maximum atomic E-state index is 13.1. The van der Waals surface area contributed by atoms with Crippen LogP contribution in [0.2, 0.25) is 0 Å². The molecular formula is C18H26N2O3S. The number of likely N-dealkylation sites (tertiary alicyclic amines) is 1. The van der Waals surface area contributed by atoms with Gasteiger partial charge >= 0.3 is 0 Å². The highest BCUT2D eigenvalue weighted by molar-refractivity contribution is 7.91. The molecule has 6 heteroatoms. The van der Waals surface area contributed by atoms with Crippen molar-refractivity contribution in [2.24, 2.45) is 0 Å². The van der Waals surface area contributed by atoms with E-state index in [-0.39, 0.29) is 5.91 Å². The number of sulfone groups is 1. The lowest BCUT2D eigenvalue weighted by Crippen LogP contribution is -2.45. The van der Waals surface area contributed by atoms with Crippen molar-refractivity contribution in [3.05, 3.63) is 29.3 Å². The molecule has 0 spiro atoms. The van der Waals surface area contributed by atoms with Crippen LogP contribution in [0.4, 0.5) is 5.69 Å². The van der Waals surface area contributed by atoms with E-state index in [1.54, 1.807) is 4.90 Å². The van der Waals surface area contributed by atoms with E-state index in [0.717, 1.165) is 43.6 Å². The quantitative estimate of drug-likeness (QED) is 0.839. The average molecular weight is 350 g/mol. The SMILES string of the molecule is Cc1ccc(N2CCCC2)c(C(=O)N2CCCC(S(C)(=O)=O)C2)c1. The molecule has 3 rings (SSSR count). The first-order valence-electron chi connectivity index (χ1n) is 8.70. The predicted molar refractivity (Wildman–Crippen MR) is 96.4 cm³/mol. The van der Waals surface area contributed by atoms with Gasteiger partial charge in [-0.3, -0.25) is 4.79 Å². The molecule has 1 amide bonds. The Labute approximate surface area is 144 Å². The van der Waals surface area contributed by atoms with E-state index in [2.05, 4.69) is 4.90 Å². The Morgan fingerprint density at radius 2 is 1.83 bits per heavy atom. The summed E-state index contributed by atoms with van der Waals surface area (Å²) in [6.07, 6.45) is 4.97. The van der Waals surface area contributed by atoms with Crippen molar-refractivity contribution in [3.63, 3.8) is 0 Å². The Bertz CT molecular complexity index is 724. The number of anilines is 1. The highest BCUT2D eigenvalue weighted by Gasteiger charge is 2.31. The number of hydrogen-bond donors (Lipinski definition) is 0. The lowest BCUT2D eigenvalue weighted by Gasteiger charge is -2.33. The molecule has 1 aromatic carbocycles. The largest absolute Gasteiger partial charge is 0.371 e. The van der Waals surface area contributed by atoms with Crippen LogP contribution < -0.4 is 4.90 Å². The van der Waals surface area contributed by atoms with Gasteiger partial charge in [-0.2, -0.15) is 0 Å². The fourth-order valence-corrected chi connectivity index (χ4v) is 4.74. The monoisotopic (exact) mass is 350 g/mol. The minimum Gasteiger partial charge on any atom is -0.371 e. The van der Waals surface area contributed by atoms with Crippen molar-refractivity contribution < 1.29 is 13.2 Å². The first-order valence-corrected chi connectivity index (χ1v) is 10.7. The predicted octanol–water partition coefficient (Wildman–Crippen LogP) is 2.24. The zero-order valence-electron chi connectivity index (χ0n) is 14.5. The number of piperidine rings is 1. The molecule has 0 aromatic heterocycles. The van der Waals surface area contributed by atoms with Crippen LogP contribution in [0.25, 0.3) is 0 Å². The van der Waals surface area contributed by atoms with Crippen LogP contribution in [0.5, 0.6) is 0 Å². The Morgan fingerprint density at radius 1 is 1.12 bits per heavy atom. The topological polar surface area (TPSA) is 57.7 Å². The summed E-state index contributed by atoms with van der Waals surface area (Å²) in [4.78, 5) is 17.1. The number of carbonyl (C=O) groups excluding carboxylic acids is 1. The first-order chi connectivity index (χ1) is 11.4. The molecule has 1 atom stereocenters. The van der Waals surface area contributed by atoms with Crippen LogP contribution in [-0.2, 0) is 9.84 Å². The normalized spacial score (nSPS) is 22.0. The van der Waals surface area contributed by atoms with Gasteiger partial charge in [-0.05, 0) is 44.7 Å². The van der Waals surface area contributed by atoms with Crippen LogP contribution in [-0.4, -0.2) is 56.9 Å². The number of rotatable bonds is 3. The summed E-state index contributed by atoms with van der Waals surface area (Å²) < 4.78 is 23.7. The molecule has 2 aliphatic rings. The molecule has 5 nitrogen and oxygen atoms in total. The van der Waals surface area contributed by atoms with Gasteiger partial charge in [0.15, 0.2) is 9.84 Å². The van der Waals surface area contributed by atoms with Crippen molar-refractivity contribution in [1.82, 2.24) is 4.90 Å². The Hall–Kier alpha value is -1.56. The summed E-state index contributed by atoms with van der Waals surface area (Å²) in [5, 5.41) is -0.435. The summed E-state index contributed by atoms with van der Waals surface area (Å²) in [6.45, 7) is 4.90. The van der Waals surface area contributed by atoms with E-state index in [9.17, 15) is 13.2 Å². The zero-order chi connectivity index (χ0) is 17.3.